The van der Waals surface area contributed by atoms with Crippen molar-refractivity contribution in [1.82, 2.24) is 5.32 Å². The Kier molecular flexibility index (Phi) is 5.91. The van der Waals surface area contributed by atoms with Crippen LogP contribution in [0, 0.1) is 11.8 Å². The second-order valence-corrected chi connectivity index (χ2v) is 7.00. The van der Waals surface area contributed by atoms with Crippen molar-refractivity contribution >= 4 is 27.6 Å². The zero-order valence-electron chi connectivity index (χ0n) is 12.8. The topological polar surface area (TPSA) is 53.6 Å². The fourth-order valence-electron chi connectivity index (χ4n) is 2.49. The summed E-state index contributed by atoms with van der Waals surface area (Å²) in [6.45, 7) is 8.14. The minimum atomic E-state index is 0.545. The second kappa shape index (κ2) is 7.69. The van der Waals surface area contributed by atoms with Crippen LogP contribution in [0.25, 0.3) is 0 Å². The average Bonchev–Trinajstić information content (AvgIpc) is 2.92. The lowest BCUT2D eigenvalue weighted by Crippen LogP contribution is -2.36. The van der Waals surface area contributed by atoms with E-state index in [9.17, 15) is 0 Å². The van der Waals surface area contributed by atoms with Crippen LogP contribution in [0.2, 0.25) is 0 Å². The van der Waals surface area contributed by atoms with E-state index < -0.39 is 0 Å². The lowest BCUT2D eigenvalue weighted by molar-refractivity contribution is 0.568. The van der Waals surface area contributed by atoms with Gasteiger partial charge in [-0.3, -0.25) is 4.99 Å². The Morgan fingerprint density at radius 3 is 3.05 bits per heavy atom. The van der Waals surface area contributed by atoms with Crippen molar-refractivity contribution in [3.05, 3.63) is 28.7 Å². The van der Waals surface area contributed by atoms with Gasteiger partial charge in [0.1, 0.15) is 0 Å². The van der Waals surface area contributed by atoms with Gasteiger partial charge in [0, 0.05) is 36.3 Å². The molecular weight excluding hydrogens is 328 g/mol. The van der Waals surface area contributed by atoms with Crippen LogP contribution in [0.3, 0.4) is 0 Å². The lowest BCUT2D eigenvalue weighted by atomic mass is 10.1. The van der Waals surface area contributed by atoms with Gasteiger partial charge >= 0.3 is 0 Å². The summed E-state index contributed by atoms with van der Waals surface area (Å²) >= 11 is 3.53. The minimum Gasteiger partial charge on any atom is -0.371 e. The van der Waals surface area contributed by atoms with Gasteiger partial charge in [0.25, 0.3) is 0 Å². The van der Waals surface area contributed by atoms with E-state index in [2.05, 4.69) is 69.3 Å². The Balaban J connectivity index is 1.79. The third-order valence-electron chi connectivity index (χ3n) is 3.66. The largest absolute Gasteiger partial charge is 0.371 e. The number of aliphatic imine (C=N–C) groups is 1. The first-order valence-corrected chi connectivity index (χ1v) is 8.38. The van der Waals surface area contributed by atoms with E-state index in [4.69, 9.17) is 5.73 Å². The van der Waals surface area contributed by atoms with Crippen molar-refractivity contribution in [2.24, 2.45) is 22.6 Å². The van der Waals surface area contributed by atoms with E-state index >= 15 is 0 Å². The van der Waals surface area contributed by atoms with E-state index in [1.807, 2.05) is 0 Å². The Morgan fingerprint density at radius 2 is 2.33 bits per heavy atom. The standard InChI is InChI=1S/C16H25BrN4/c1-12(2)9-19-16(18)20-10-13-6-7-21(11-13)15-5-3-4-14(17)8-15/h3-5,8,12-13H,6-7,9-11H2,1-2H3,(H3,18,19,20). The maximum atomic E-state index is 5.88. The number of hydrogen-bond acceptors (Lipinski definition) is 2. The molecule has 1 saturated heterocycles. The van der Waals surface area contributed by atoms with E-state index in [1.54, 1.807) is 0 Å². The van der Waals surface area contributed by atoms with Gasteiger partial charge in [0.2, 0.25) is 0 Å². The number of hydrogen-bond donors (Lipinski definition) is 2. The van der Waals surface area contributed by atoms with Gasteiger partial charge in [-0.15, -0.1) is 0 Å². The van der Waals surface area contributed by atoms with Crippen LogP contribution in [0.4, 0.5) is 5.69 Å². The van der Waals surface area contributed by atoms with E-state index in [-0.39, 0.29) is 0 Å². The minimum absolute atomic E-state index is 0.545. The summed E-state index contributed by atoms with van der Waals surface area (Å²) in [5, 5.41) is 3.26. The average molecular weight is 353 g/mol. The van der Waals surface area contributed by atoms with Crippen LogP contribution in [-0.4, -0.2) is 32.1 Å². The van der Waals surface area contributed by atoms with Crippen molar-refractivity contribution in [2.75, 3.05) is 31.1 Å². The molecule has 1 heterocycles. The molecule has 1 fully saturated rings. The van der Waals surface area contributed by atoms with Crippen LogP contribution in [-0.2, 0) is 0 Å². The molecule has 0 aromatic heterocycles. The summed E-state index contributed by atoms with van der Waals surface area (Å²) in [6.07, 6.45) is 1.19. The molecule has 0 amide bonds. The zero-order valence-corrected chi connectivity index (χ0v) is 14.4. The third kappa shape index (κ3) is 5.23. The number of benzene rings is 1. The first-order chi connectivity index (χ1) is 10.0. The van der Waals surface area contributed by atoms with Gasteiger partial charge in [-0.05, 0) is 36.5 Å². The third-order valence-corrected chi connectivity index (χ3v) is 4.15. The SMILES string of the molecule is CC(C)CN=C(N)NCC1CCN(c2cccc(Br)c2)C1. The van der Waals surface area contributed by atoms with Crippen LogP contribution in [0.1, 0.15) is 20.3 Å². The van der Waals surface area contributed by atoms with Gasteiger partial charge in [-0.1, -0.05) is 35.8 Å². The predicted octanol–water partition coefficient (Wildman–Crippen LogP) is 2.84. The fourth-order valence-corrected chi connectivity index (χ4v) is 2.88. The number of rotatable bonds is 5. The summed E-state index contributed by atoms with van der Waals surface area (Å²) in [7, 11) is 0. The Hall–Kier alpha value is -1.23. The second-order valence-electron chi connectivity index (χ2n) is 6.08. The molecule has 0 saturated carbocycles. The molecule has 1 aromatic carbocycles. The Bertz CT molecular complexity index is 487. The molecule has 1 atom stereocenters. The Morgan fingerprint density at radius 1 is 1.52 bits per heavy atom. The molecule has 116 valence electrons. The summed E-state index contributed by atoms with van der Waals surface area (Å²) in [6, 6.07) is 8.49. The molecular formula is C16H25BrN4. The predicted molar refractivity (Wildman–Crippen MR) is 93.8 cm³/mol. The molecule has 0 spiro atoms. The monoisotopic (exact) mass is 352 g/mol. The van der Waals surface area contributed by atoms with Gasteiger partial charge in [0.05, 0.1) is 0 Å². The molecule has 0 bridgehead atoms. The number of nitrogens with two attached hydrogens (primary N) is 1. The van der Waals surface area contributed by atoms with Gasteiger partial charge in [-0.25, -0.2) is 0 Å². The highest BCUT2D eigenvalue weighted by molar-refractivity contribution is 9.10. The van der Waals surface area contributed by atoms with E-state index in [0.29, 0.717) is 17.8 Å². The number of nitrogens with one attached hydrogen (secondary N) is 1. The van der Waals surface area contributed by atoms with Crippen LogP contribution in [0.5, 0.6) is 0 Å². The molecule has 2 rings (SSSR count). The van der Waals surface area contributed by atoms with Crippen molar-refractivity contribution in [2.45, 2.75) is 20.3 Å². The lowest BCUT2D eigenvalue weighted by Gasteiger charge is -2.19. The maximum absolute atomic E-state index is 5.88. The molecule has 1 aliphatic rings. The number of halogens is 1. The molecule has 3 N–H and O–H groups in total. The summed E-state index contributed by atoms with van der Waals surface area (Å²) in [4.78, 5) is 6.77. The van der Waals surface area contributed by atoms with Crippen LogP contribution < -0.4 is 16.0 Å². The summed E-state index contributed by atoms with van der Waals surface area (Å²) in [5.74, 6) is 1.74. The summed E-state index contributed by atoms with van der Waals surface area (Å²) < 4.78 is 1.13. The molecule has 1 aromatic rings. The van der Waals surface area contributed by atoms with E-state index in [0.717, 1.165) is 30.7 Å². The molecule has 4 nitrogen and oxygen atoms in total. The maximum Gasteiger partial charge on any atom is 0.188 e. The molecule has 5 heteroatoms. The molecule has 1 aliphatic heterocycles. The zero-order chi connectivity index (χ0) is 15.2. The van der Waals surface area contributed by atoms with Crippen molar-refractivity contribution in [1.29, 1.82) is 0 Å². The molecule has 0 aliphatic carbocycles. The first kappa shape index (κ1) is 16.1. The van der Waals surface area contributed by atoms with E-state index in [1.165, 1.54) is 12.1 Å². The Labute approximate surface area is 135 Å². The molecule has 1 unspecified atom stereocenters. The highest BCUT2D eigenvalue weighted by Gasteiger charge is 2.22. The van der Waals surface area contributed by atoms with Crippen LogP contribution >= 0.6 is 15.9 Å². The molecule has 21 heavy (non-hydrogen) atoms. The molecule has 0 radical (unpaired) electrons. The fraction of sp³-hybridized carbons (Fsp3) is 0.562. The van der Waals surface area contributed by atoms with Gasteiger partial charge < -0.3 is 16.0 Å². The summed E-state index contributed by atoms with van der Waals surface area (Å²) in [5.41, 5.74) is 7.17. The first-order valence-electron chi connectivity index (χ1n) is 7.59. The quantitative estimate of drug-likeness (QED) is 0.632. The van der Waals surface area contributed by atoms with Crippen LogP contribution in [0.15, 0.2) is 33.7 Å². The normalized spacial score (nSPS) is 19.3. The highest BCUT2D eigenvalue weighted by atomic mass is 79.9. The number of anilines is 1. The van der Waals surface area contributed by atoms with Crippen molar-refractivity contribution in [3.63, 3.8) is 0 Å². The highest BCUT2D eigenvalue weighted by Crippen LogP contribution is 2.25. The van der Waals surface area contributed by atoms with Gasteiger partial charge in [-0.2, -0.15) is 0 Å². The van der Waals surface area contributed by atoms with Crippen molar-refractivity contribution in [3.8, 4) is 0 Å². The number of nitrogens with zero attached hydrogens (tertiary/aromatic N) is 2. The smallest absolute Gasteiger partial charge is 0.188 e. The van der Waals surface area contributed by atoms with Gasteiger partial charge in [0.15, 0.2) is 5.96 Å². The van der Waals surface area contributed by atoms with Crippen molar-refractivity contribution < 1.29 is 0 Å². The number of guanidine groups is 1.